The van der Waals surface area contributed by atoms with Crippen molar-refractivity contribution in [3.8, 4) is 23.0 Å². The van der Waals surface area contributed by atoms with E-state index in [4.69, 9.17) is 23.9 Å². The summed E-state index contributed by atoms with van der Waals surface area (Å²) in [5, 5.41) is 6.63. The number of fused-ring (bicyclic) bond motifs is 2. The summed E-state index contributed by atoms with van der Waals surface area (Å²) >= 11 is 0. The number of rotatable bonds is 4. The van der Waals surface area contributed by atoms with Gasteiger partial charge in [0.25, 0.3) is 0 Å². The Morgan fingerprint density at radius 3 is 2.48 bits per heavy atom. The van der Waals surface area contributed by atoms with E-state index in [1.165, 1.54) is 0 Å². The molecule has 0 spiro atoms. The molecule has 154 valence electrons. The van der Waals surface area contributed by atoms with Gasteiger partial charge in [-0.2, -0.15) is 0 Å². The van der Waals surface area contributed by atoms with Crippen LogP contribution in [-0.2, 0) is 6.54 Å². The van der Waals surface area contributed by atoms with Crippen molar-refractivity contribution >= 4 is 11.6 Å². The van der Waals surface area contributed by atoms with Crippen molar-refractivity contribution in [2.45, 2.75) is 26.3 Å². The smallest absolute Gasteiger partial charge is 0.196 e. The first-order chi connectivity index (χ1) is 14.3. The number of hydrogen-bond acceptors (Lipinski definition) is 5. The Kier molecular flexibility index (Phi) is 6.24. The molecule has 0 bridgehead atoms. The first-order valence-electron chi connectivity index (χ1n) is 10.2. The van der Waals surface area contributed by atoms with Crippen LogP contribution in [0, 0.1) is 0 Å². The molecule has 0 fully saturated rings. The van der Waals surface area contributed by atoms with E-state index in [1.807, 2.05) is 43.3 Å². The molecule has 0 amide bonds. The number of para-hydroxylation sites is 1. The molecule has 2 aliphatic heterocycles. The fraction of sp³-hybridized carbons (Fsp3) is 0.409. The molecule has 2 N–H and O–H groups in total. The number of nitrogens with one attached hydrogen (secondary N) is 2. The number of ether oxygens (including phenoxy) is 4. The molecular formula is C22H27N3O4. The highest BCUT2D eigenvalue weighted by Crippen LogP contribution is 2.34. The molecule has 0 aliphatic carbocycles. The van der Waals surface area contributed by atoms with Crippen LogP contribution in [0.25, 0.3) is 0 Å². The van der Waals surface area contributed by atoms with Crippen LogP contribution >= 0.6 is 0 Å². The Balaban J connectivity index is 1.51. The molecule has 2 aromatic carbocycles. The third-order valence-electron chi connectivity index (χ3n) is 4.62. The number of anilines is 1. The minimum Gasteiger partial charge on any atom is -0.490 e. The molecule has 0 radical (unpaired) electrons. The SMILES string of the molecule is CCNC(=NCc1cccc2c1OCCCO2)Nc1ccc2c(c1)OCCCO2. The van der Waals surface area contributed by atoms with Gasteiger partial charge in [0.05, 0.1) is 33.0 Å². The monoisotopic (exact) mass is 397 g/mol. The van der Waals surface area contributed by atoms with Crippen molar-refractivity contribution in [2.24, 2.45) is 4.99 Å². The van der Waals surface area contributed by atoms with E-state index < -0.39 is 0 Å². The zero-order valence-corrected chi connectivity index (χ0v) is 16.7. The van der Waals surface area contributed by atoms with Crippen LogP contribution in [0.4, 0.5) is 5.69 Å². The van der Waals surface area contributed by atoms with Crippen molar-refractivity contribution in [2.75, 3.05) is 38.3 Å². The van der Waals surface area contributed by atoms with Crippen molar-refractivity contribution in [1.82, 2.24) is 5.32 Å². The van der Waals surface area contributed by atoms with E-state index in [1.54, 1.807) is 0 Å². The Bertz CT molecular complexity index is 869. The molecule has 7 heteroatoms. The third-order valence-corrected chi connectivity index (χ3v) is 4.62. The minimum atomic E-state index is 0.479. The number of nitrogens with zero attached hydrogens (tertiary/aromatic N) is 1. The highest BCUT2D eigenvalue weighted by Gasteiger charge is 2.15. The fourth-order valence-corrected chi connectivity index (χ4v) is 3.23. The lowest BCUT2D eigenvalue weighted by atomic mass is 10.2. The summed E-state index contributed by atoms with van der Waals surface area (Å²) in [7, 11) is 0. The molecule has 0 aromatic heterocycles. The van der Waals surface area contributed by atoms with E-state index in [0.717, 1.165) is 53.6 Å². The Morgan fingerprint density at radius 2 is 1.66 bits per heavy atom. The summed E-state index contributed by atoms with van der Waals surface area (Å²) in [6.07, 6.45) is 1.76. The normalized spacial score (nSPS) is 15.8. The predicted octanol–water partition coefficient (Wildman–Crippen LogP) is 3.59. The van der Waals surface area contributed by atoms with Gasteiger partial charge in [-0.25, -0.2) is 4.99 Å². The molecule has 2 heterocycles. The fourth-order valence-electron chi connectivity index (χ4n) is 3.23. The Labute approximate surface area is 171 Å². The standard InChI is InChI=1S/C22H27N3O4/c1-2-23-22(25-17-8-9-18-20(14-17)28-12-4-10-26-18)24-15-16-6-3-7-19-21(16)29-13-5-11-27-19/h3,6-9,14H,2,4-5,10-13,15H2,1H3,(H2,23,24,25). The summed E-state index contributed by atoms with van der Waals surface area (Å²) < 4.78 is 23.1. The third kappa shape index (κ3) is 4.85. The lowest BCUT2D eigenvalue weighted by molar-refractivity contribution is 0.296. The number of hydrogen-bond donors (Lipinski definition) is 2. The average molecular weight is 397 g/mol. The van der Waals surface area contributed by atoms with Crippen LogP contribution in [-0.4, -0.2) is 38.9 Å². The summed E-state index contributed by atoms with van der Waals surface area (Å²) in [5.41, 5.74) is 1.89. The number of benzene rings is 2. The highest BCUT2D eigenvalue weighted by atomic mass is 16.5. The highest BCUT2D eigenvalue weighted by molar-refractivity contribution is 5.94. The topological polar surface area (TPSA) is 73.3 Å². The van der Waals surface area contributed by atoms with Crippen LogP contribution in [0.15, 0.2) is 41.4 Å². The van der Waals surface area contributed by atoms with Crippen LogP contribution in [0.1, 0.15) is 25.3 Å². The van der Waals surface area contributed by atoms with Crippen molar-refractivity contribution in [1.29, 1.82) is 0 Å². The van der Waals surface area contributed by atoms with Crippen LogP contribution in [0.2, 0.25) is 0 Å². The molecule has 0 saturated heterocycles. The largest absolute Gasteiger partial charge is 0.490 e. The molecule has 7 nitrogen and oxygen atoms in total. The van der Waals surface area contributed by atoms with E-state index in [0.29, 0.717) is 38.9 Å². The summed E-state index contributed by atoms with van der Waals surface area (Å²) in [6, 6.07) is 11.8. The first kappa shape index (κ1) is 19.2. The van der Waals surface area contributed by atoms with Crippen LogP contribution < -0.4 is 29.6 Å². The zero-order chi connectivity index (χ0) is 19.9. The van der Waals surface area contributed by atoms with Crippen LogP contribution in [0.5, 0.6) is 23.0 Å². The van der Waals surface area contributed by atoms with E-state index in [9.17, 15) is 0 Å². The number of guanidine groups is 1. The van der Waals surface area contributed by atoms with Gasteiger partial charge >= 0.3 is 0 Å². The van der Waals surface area contributed by atoms with E-state index >= 15 is 0 Å². The second-order valence-corrected chi connectivity index (χ2v) is 6.83. The van der Waals surface area contributed by atoms with E-state index in [-0.39, 0.29) is 0 Å². The maximum atomic E-state index is 5.90. The molecule has 29 heavy (non-hydrogen) atoms. The molecule has 2 aromatic rings. The van der Waals surface area contributed by atoms with E-state index in [2.05, 4.69) is 10.6 Å². The predicted molar refractivity (Wildman–Crippen MR) is 113 cm³/mol. The molecular weight excluding hydrogens is 370 g/mol. The molecule has 0 atom stereocenters. The second kappa shape index (κ2) is 9.41. The lowest BCUT2D eigenvalue weighted by Gasteiger charge is -2.15. The molecule has 0 saturated carbocycles. The van der Waals surface area contributed by atoms with Gasteiger partial charge < -0.3 is 29.6 Å². The van der Waals surface area contributed by atoms with Crippen molar-refractivity contribution in [3.63, 3.8) is 0 Å². The summed E-state index contributed by atoms with van der Waals surface area (Å²) in [4.78, 5) is 4.74. The molecule has 0 unspecified atom stereocenters. The maximum Gasteiger partial charge on any atom is 0.196 e. The van der Waals surface area contributed by atoms with Crippen molar-refractivity contribution < 1.29 is 18.9 Å². The summed E-state index contributed by atoms with van der Waals surface area (Å²) in [5.74, 6) is 3.80. The number of aliphatic imine (C=N–C) groups is 1. The van der Waals surface area contributed by atoms with Gasteiger partial charge in [-0.15, -0.1) is 0 Å². The van der Waals surface area contributed by atoms with Gasteiger partial charge in [0, 0.05) is 36.7 Å². The van der Waals surface area contributed by atoms with Gasteiger partial charge in [0.15, 0.2) is 29.0 Å². The van der Waals surface area contributed by atoms with Gasteiger partial charge in [0.2, 0.25) is 0 Å². The second-order valence-electron chi connectivity index (χ2n) is 6.83. The Morgan fingerprint density at radius 1 is 0.897 bits per heavy atom. The lowest BCUT2D eigenvalue weighted by Crippen LogP contribution is -2.30. The zero-order valence-electron chi connectivity index (χ0n) is 16.7. The van der Waals surface area contributed by atoms with Crippen LogP contribution in [0.3, 0.4) is 0 Å². The summed E-state index contributed by atoms with van der Waals surface area (Å²) in [6.45, 7) is 5.94. The quantitative estimate of drug-likeness (QED) is 0.607. The maximum absolute atomic E-state index is 5.90. The van der Waals surface area contributed by atoms with Gasteiger partial charge in [-0.1, -0.05) is 12.1 Å². The van der Waals surface area contributed by atoms with Gasteiger partial charge in [0.1, 0.15) is 0 Å². The first-order valence-corrected chi connectivity index (χ1v) is 10.2. The molecule has 4 rings (SSSR count). The average Bonchev–Trinajstić information content (AvgIpc) is 3.12. The van der Waals surface area contributed by atoms with Gasteiger partial charge in [-0.05, 0) is 25.1 Å². The van der Waals surface area contributed by atoms with Crippen molar-refractivity contribution in [3.05, 3.63) is 42.0 Å². The Hall–Kier alpha value is -3.09. The minimum absolute atomic E-state index is 0.479. The molecule has 2 aliphatic rings. The van der Waals surface area contributed by atoms with Gasteiger partial charge in [-0.3, -0.25) is 0 Å².